The third-order valence-electron chi connectivity index (χ3n) is 4.22. The maximum atomic E-state index is 11.6. The molecule has 2 aromatic carbocycles. The van der Waals surface area contributed by atoms with Crippen LogP contribution in [0.4, 0.5) is 0 Å². The fourth-order valence-corrected chi connectivity index (χ4v) is 3.04. The Labute approximate surface area is 124 Å². The Bertz CT molecular complexity index is 666. The van der Waals surface area contributed by atoms with Crippen molar-refractivity contribution in [1.82, 2.24) is 4.90 Å². The number of aliphatic carboxylic acids is 1. The Hall–Kier alpha value is -2.13. The molecule has 0 saturated carbocycles. The van der Waals surface area contributed by atoms with Gasteiger partial charge in [-0.15, -0.1) is 0 Å². The molecule has 0 bridgehead atoms. The number of fused-ring (bicyclic) bond motifs is 1. The second-order valence-electron chi connectivity index (χ2n) is 5.69. The number of carboxylic acids is 1. The van der Waals surface area contributed by atoms with Gasteiger partial charge >= 0.3 is 5.97 Å². The Balaban J connectivity index is 1.87. The van der Waals surface area contributed by atoms with Crippen molar-refractivity contribution in [2.24, 2.45) is 0 Å². The largest absolute Gasteiger partial charge is 0.481 e. The van der Waals surface area contributed by atoms with E-state index in [0.29, 0.717) is 6.54 Å². The maximum Gasteiger partial charge on any atom is 0.312 e. The van der Waals surface area contributed by atoms with Gasteiger partial charge in [0.1, 0.15) is 0 Å². The quantitative estimate of drug-likeness (QED) is 0.939. The summed E-state index contributed by atoms with van der Waals surface area (Å²) in [6, 6.07) is 16.2. The molecule has 3 heteroatoms. The first-order valence-electron chi connectivity index (χ1n) is 7.22. The summed E-state index contributed by atoms with van der Waals surface area (Å²) >= 11 is 0. The molecule has 1 aliphatic heterocycles. The lowest BCUT2D eigenvalue weighted by Gasteiger charge is -2.33. The number of hydrogen-bond acceptors (Lipinski definition) is 2. The van der Waals surface area contributed by atoms with E-state index >= 15 is 0 Å². The number of nitrogens with zero attached hydrogens (tertiary/aromatic N) is 1. The monoisotopic (exact) mass is 281 g/mol. The predicted molar refractivity (Wildman–Crippen MR) is 82.1 cm³/mol. The molecule has 1 N–H and O–H groups in total. The lowest BCUT2D eigenvalue weighted by atomic mass is 9.89. The predicted octanol–water partition coefficient (Wildman–Crippen LogP) is 3.18. The van der Waals surface area contributed by atoms with E-state index in [1.54, 1.807) is 0 Å². The lowest BCUT2D eigenvalue weighted by Crippen LogP contribution is -2.36. The molecule has 3 nitrogen and oxygen atoms in total. The Morgan fingerprint density at radius 3 is 2.67 bits per heavy atom. The second-order valence-corrected chi connectivity index (χ2v) is 5.69. The maximum absolute atomic E-state index is 11.6. The van der Waals surface area contributed by atoms with Crippen molar-refractivity contribution in [1.29, 1.82) is 0 Å². The minimum Gasteiger partial charge on any atom is -0.481 e. The highest BCUT2D eigenvalue weighted by Crippen LogP contribution is 2.29. The Morgan fingerprint density at radius 2 is 1.90 bits per heavy atom. The standard InChI is InChI=1S/C18H19NO2/c1-13-6-2-3-7-14(13)10-19-11-15-8-4-5-9-16(15)17(12-19)18(20)21/h2-9,17H,10-12H2,1H3,(H,20,21). The molecule has 0 aromatic heterocycles. The first kappa shape index (κ1) is 13.8. The van der Waals surface area contributed by atoms with Crippen LogP contribution >= 0.6 is 0 Å². The Morgan fingerprint density at radius 1 is 1.19 bits per heavy atom. The fourth-order valence-electron chi connectivity index (χ4n) is 3.04. The first-order valence-corrected chi connectivity index (χ1v) is 7.22. The number of carboxylic acid groups (broad SMARTS) is 1. The lowest BCUT2D eigenvalue weighted by molar-refractivity contribution is -0.139. The highest BCUT2D eigenvalue weighted by Gasteiger charge is 2.30. The van der Waals surface area contributed by atoms with Gasteiger partial charge in [0, 0.05) is 19.6 Å². The smallest absolute Gasteiger partial charge is 0.312 e. The zero-order valence-electron chi connectivity index (χ0n) is 12.1. The molecular weight excluding hydrogens is 262 g/mol. The van der Waals surface area contributed by atoms with E-state index < -0.39 is 11.9 Å². The molecule has 1 atom stereocenters. The summed E-state index contributed by atoms with van der Waals surface area (Å²) in [5, 5.41) is 9.50. The molecule has 1 unspecified atom stereocenters. The van der Waals surface area contributed by atoms with Crippen LogP contribution in [0.5, 0.6) is 0 Å². The van der Waals surface area contributed by atoms with E-state index in [1.165, 1.54) is 11.1 Å². The van der Waals surface area contributed by atoms with E-state index in [0.717, 1.165) is 24.2 Å². The molecule has 0 spiro atoms. The van der Waals surface area contributed by atoms with Gasteiger partial charge in [-0.2, -0.15) is 0 Å². The number of aryl methyl sites for hydroxylation is 1. The summed E-state index contributed by atoms with van der Waals surface area (Å²) in [6.45, 7) is 4.28. The van der Waals surface area contributed by atoms with Crippen LogP contribution in [-0.4, -0.2) is 22.5 Å². The molecule has 3 rings (SSSR count). The van der Waals surface area contributed by atoms with Crippen LogP contribution in [-0.2, 0) is 17.9 Å². The molecule has 0 amide bonds. The molecule has 1 aliphatic rings. The van der Waals surface area contributed by atoms with E-state index in [4.69, 9.17) is 0 Å². The van der Waals surface area contributed by atoms with Crippen LogP contribution in [0.25, 0.3) is 0 Å². The van der Waals surface area contributed by atoms with Gasteiger partial charge in [-0.05, 0) is 29.2 Å². The van der Waals surface area contributed by atoms with Gasteiger partial charge in [0.15, 0.2) is 0 Å². The molecular formula is C18H19NO2. The topological polar surface area (TPSA) is 40.5 Å². The zero-order valence-corrected chi connectivity index (χ0v) is 12.1. The van der Waals surface area contributed by atoms with Crippen molar-refractivity contribution in [2.75, 3.05) is 6.54 Å². The van der Waals surface area contributed by atoms with Gasteiger partial charge < -0.3 is 5.11 Å². The second kappa shape index (κ2) is 5.70. The van der Waals surface area contributed by atoms with Crippen LogP contribution in [0.2, 0.25) is 0 Å². The van der Waals surface area contributed by atoms with Gasteiger partial charge in [-0.25, -0.2) is 0 Å². The van der Waals surface area contributed by atoms with E-state index in [9.17, 15) is 9.90 Å². The minimum absolute atomic E-state index is 0.432. The van der Waals surface area contributed by atoms with E-state index in [-0.39, 0.29) is 0 Å². The summed E-state index contributed by atoms with van der Waals surface area (Å²) in [5.74, 6) is -1.17. The minimum atomic E-state index is -0.739. The van der Waals surface area contributed by atoms with Crippen molar-refractivity contribution >= 4 is 5.97 Å². The van der Waals surface area contributed by atoms with Gasteiger partial charge in [-0.1, -0.05) is 48.5 Å². The molecule has 21 heavy (non-hydrogen) atoms. The molecule has 0 radical (unpaired) electrons. The number of rotatable bonds is 3. The molecule has 0 fully saturated rings. The van der Waals surface area contributed by atoms with Crippen LogP contribution in [0.3, 0.4) is 0 Å². The zero-order chi connectivity index (χ0) is 14.8. The van der Waals surface area contributed by atoms with Crippen molar-refractivity contribution < 1.29 is 9.90 Å². The van der Waals surface area contributed by atoms with Gasteiger partial charge in [0.05, 0.1) is 5.92 Å². The molecule has 0 saturated heterocycles. The number of benzene rings is 2. The summed E-state index contributed by atoms with van der Waals surface area (Å²) in [5.41, 5.74) is 4.61. The van der Waals surface area contributed by atoms with Crippen LogP contribution < -0.4 is 0 Å². The summed E-state index contributed by atoms with van der Waals surface area (Å²) in [7, 11) is 0. The average Bonchev–Trinajstić information content (AvgIpc) is 2.48. The Kier molecular flexibility index (Phi) is 3.76. The highest BCUT2D eigenvalue weighted by atomic mass is 16.4. The average molecular weight is 281 g/mol. The SMILES string of the molecule is Cc1ccccc1CN1Cc2ccccc2C(C(=O)O)C1. The van der Waals surface area contributed by atoms with Crippen molar-refractivity contribution in [2.45, 2.75) is 25.9 Å². The van der Waals surface area contributed by atoms with Gasteiger partial charge in [-0.3, -0.25) is 9.69 Å². The van der Waals surface area contributed by atoms with Crippen LogP contribution in [0.1, 0.15) is 28.2 Å². The summed E-state index contributed by atoms with van der Waals surface area (Å²) in [6.07, 6.45) is 0. The van der Waals surface area contributed by atoms with Gasteiger partial charge in [0.2, 0.25) is 0 Å². The highest BCUT2D eigenvalue weighted by molar-refractivity contribution is 5.77. The molecule has 0 aliphatic carbocycles. The summed E-state index contributed by atoms with van der Waals surface area (Å²) < 4.78 is 0. The van der Waals surface area contributed by atoms with Crippen molar-refractivity contribution in [3.05, 3.63) is 70.8 Å². The first-order chi connectivity index (χ1) is 10.1. The number of hydrogen-bond donors (Lipinski definition) is 1. The number of carbonyl (C=O) groups is 1. The normalized spacial score (nSPS) is 18.2. The van der Waals surface area contributed by atoms with Crippen LogP contribution in [0.15, 0.2) is 48.5 Å². The van der Waals surface area contributed by atoms with Gasteiger partial charge in [0.25, 0.3) is 0 Å². The third kappa shape index (κ3) is 2.83. The van der Waals surface area contributed by atoms with E-state index in [1.807, 2.05) is 36.4 Å². The van der Waals surface area contributed by atoms with E-state index in [2.05, 4.69) is 24.0 Å². The molecule has 2 aromatic rings. The van der Waals surface area contributed by atoms with Crippen LogP contribution in [0, 0.1) is 6.92 Å². The fraction of sp³-hybridized carbons (Fsp3) is 0.278. The molecule has 1 heterocycles. The molecule has 108 valence electrons. The van der Waals surface area contributed by atoms with Crippen molar-refractivity contribution in [3.63, 3.8) is 0 Å². The summed E-state index contributed by atoms with van der Waals surface area (Å²) in [4.78, 5) is 13.8. The third-order valence-corrected chi connectivity index (χ3v) is 4.22. The van der Waals surface area contributed by atoms with Crippen molar-refractivity contribution in [3.8, 4) is 0 Å².